The van der Waals surface area contributed by atoms with E-state index in [1.165, 1.54) is 54.8 Å². The van der Waals surface area contributed by atoms with Gasteiger partial charge in [-0.3, -0.25) is 0 Å². The third-order valence-electron chi connectivity index (χ3n) is 4.91. The molecule has 0 saturated heterocycles. The van der Waals surface area contributed by atoms with Gasteiger partial charge >= 0.3 is 0 Å². The van der Waals surface area contributed by atoms with Gasteiger partial charge in [0.25, 0.3) is 0 Å². The average Bonchev–Trinajstić information content (AvgIpc) is 2.93. The molecule has 108 valence electrons. The summed E-state index contributed by atoms with van der Waals surface area (Å²) in [5.74, 6) is 2.08. The fourth-order valence-electron chi connectivity index (χ4n) is 3.68. The van der Waals surface area contributed by atoms with Crippen molar-refractivity contribution in [1.29, 1.82) is 0 Å². The first-order chi connectivity index (χ1) is 10.4. The second-order valence-electron chi connectivity index (χ2n) is 6.44. The fraction of sp³-hybridized carbons (Fsp3) is 0.421. The highest BCUT2D eigenvalue weighted by molar-refractivity contribution is 5.95. The predicted octanol–water partition coefficient (Wildman–Crippen LogP) is 5.23. The second-order valence-corrected chi connectivity index (χ2v) is 6.44. The highest BCUT2D eigenvalue weighted by Crippen LogP contribution is 2.28. The van der Waals surface area contributed by atoms with E-state index >= 15 is 0 Å². The molecule has 0 bridgehead atoms. The first kappa shape index (κ1) is 12.9. The van der Waals surface area contributed by atoms with Crippen molar-refractivity contribution in [1.82, 2.24) is 9.97 Å². The molecule has 0 amide bonds. The Morgan fingerprint density at radius 2 is 1.76 bits per heavy atom. The molecule has 1 aliphatic rings. The Bertz CT molecular complexity index is 698. The molecule has 4 rings (SSSR count). The summed E-state index contributed by atoms with van der Waals surface area (Å²) < 4.78 is 0. The molecule has 1 fully saturated rings. The number of aromatic amines is 1. The van der Waals surface area contributed by atoms with Crippen molar-refractivity contribution in [2.45, 2.75) is 44.9 Å². The molecule has 1 aliphatic carbocycles. The summed E-state index contributed by atoms with van der Waals surface area (Å²) >= 11 is 0. The molecule has 21 heavy (non-hydrogen) atoms. The van der Waals surface area contributed by atoms with Crippen LogP contribution in [0.2, 0.25) is 0 Å². The van der Waals surface area contributed by atoms with Crippen molar-refractivity contribution in [2.75, 3.05) is 0 Å². The number of fused-ring (bicyclic) bond motifs is 2. The Kier molecular flexibility index (Phi) is 3.38. The first-order valence-electron chi connectivity index (χ1n) is 8.26. The predicted molar refractivity (Wildman–Crippen MR) is 88.5 cm³/mol. The Balaban J connectivity index is 1.56. The van der Waals surface area contributed by atoms with E-state index in [-0.39, 0.29) is 0 Å². The van der Waals surface area contributed by atoms with E-state index < -0.39 is 0 Å². The van der Waals surface area contributed by atoms with Crippen LogP contribution in [0.25, 0.3) is 21.8 Å². The lowest BCUT2D eigenvalue weighted by Gasteiger charge is -2.20. The lowest BCUT2D eigenvalue weighted by molar-refractivity contribution is 0.337. The van der Waals surface area contributed by atoms with Crippen LogP contribution >= 0.6 is 0 Å². The number of H-pyrrole nitrogens is 1. The number of aryl methyl sites for hydroxylation is 1. The minimum Gasteiger partial charge on any atom is -0.342 e. The first-order valence-corrected chi connectivity index (χ1v) is 8.26. The van der Waals surface area contributed by atoms with E-state index in [0.29, 0.717) is 0 Å². The number of rotatable bonds is 3. The Morgan fingerprint density at radius 3 is 2.57 bits per heavy atom. The number of nitrogens with one attached hydrogen (secondary N) is 1. The summed E-state index contributed by atoms with van der Waals surface area (Å²) in [6, 6.07) is 12.9. The molecule has 2 heteroatoms. The zero-order valence-electron chi connectivity index (χ0n) is 12.4. The summed E-state index contributed by atoms with van der Waals surface area (Å²) in [4.78, 5) is 8.31. The molecule has 0 atom stereocenters. The summed E-state index contributed by atoms with van der Waals surface area (Å²) in [7, 11) is 0. The van der Waals surface area contributed by atoms with Crippen molar-refractivity contribution < 1.29 is 0 Å². The SMILES string of the molecule is c1ccc2cc3[nH]c(CCC4CCCCC4)nc3cc2c1. The van der Waals surface area contributed by atoms with E-state index in [2.05, 4.69) is 41.4 Å². The topological polar surface area (TPSA) is 28.7 Å². The lowest BCUT2D eigenvalue weighted by atomic mass is 9.86. The molecular formula is C19H22N2. The maximum absolute atomic E-state index is 4.79. The number of nitrogens with zero attached hydrogens (tertiary/aromatic N) is 1. The lowest BCUT2D eigenvalue weighted by Crippen LogP contribution is -2.07. The van der Waals surface area contributed by atoms with Crippen molar-refractivity contribution in [3.63, 3.8) is 0 Å². The van der Waals surface area contributed by atoms with Crippen LogP contribution in [-0.4, -0.2) is 9.97 Å². The monoisotopic (exact) mass is 278 g/mol. The van der Waals surface area contributed by atoms with Crippen LogP contribution in [0, 0.1) is 5.92 Å². The Morgan fingerprint density at radius 1 is 1.00 bits per heavy atom. The van der Waals surface area contributed by atoms with Crippen LogP contribution in [0.4, 0.5) is 0 Å². The van der Waals surface area contributed by atoms with Gasteiger partial charge in [0.05, 0.1) is 11.0 Å². The molecular weight excluding hydrogens is 256 g/mol. The van der Waals surface area contributed by atoms with Gasteiger partial charge in [0.2, 0.25) is 0 Å². The Labute approximate surface area is 125 Å². The van der Waals surface area contributed by atoms with Gasteiger partial charge in [-0.1, -0.05) is 56.4 Å². The van der Waals surface area contributed by atoms with Crippen molar-refractivity contribution in [2.24, 2.45) is 5.92 Å². The summed E-state index contributed by atoms with van der Waals surface area (Å²) in [6.07, 6.45) is 9.52. The largest absolute Gasteiger partial charge is 0.342 e. The zero-order valence-corrected chi connectivity index (χ0v) is 12.4. The van der Waals surface area contributed by atoms with Crippen LogP contribution in [0.15, 0.2) is 36.4 Å². The third kappa shape index (κ3) is 2.67. The molecule has 0 spiro atoms. The van der Waals surface area contributed by atoms with E-state index in [9.17, 15) is 0 Å². The minimum absolute atomic E-state index is 0.922. The Hall–Kier alpha value is -1.83. The van der Waals surface area contributed by atoms with Gasteiger partial charge in [-0.05, 0) is 35.2 Å². The maximum Gasteiger partial charge on any atom is 0.107 e. The van der Waals surface area contributed by atoms with Gasteiger partial charge in [-0.25, -0.2) is 4.98 Å². The van der Waals surface area contributed by atoms with Gasteiger partial charge in [0, 0.05) is 6.42 Å². The molecule has 0 radical (unpaired) electrons. The molecule has 0 aliphatic heterocycles. The normalized spacial score (nSPS) is 16.8. The molecule has 1 N–H and O–H groups in total. The van der Waals surface area contributed by atoms with Crippen LogP contribution in [-0.2, 0) is 6.42 Å². The highest BCUT2D eigenvalue weighted by atomic mass is 14.9. The fourth-order valence-corrected chi connectivity index (χ4v) is 3.68. The van der Waals surface area contributed by atoms with Gasteiger partial charge in [0.1, 0.15) is 5.82 Å². The minimum atomic E-state index is 0.922. The van der Waals surface area contributed by atoms with Crippen LogP contribution in [0.5, 0.6) is 0 Å². The van der Waals surface area contributed by atoms with E-state index in [4.69, 9.17) is 4.98 Å². The maximum atomic E-state index is 4.79. The van der Waals surface area contributed by atoms with Crippen LogP contribution in [0.3, 0.4) is 0 Å². The van der Waals surface area contributed by atoms with Crippen molar-refractivity contribution >= 4 is 21.8 Å². The van der Waals surface area contributed by atoms with Crippen molar-refractivity contribution in [3.8, 4) is 0 Å². The quantitative estimate of drug-likeness (QED) is 0.698. The molecule has 2 nitrogen and oxygen atoms in total. The smallest absolute Gasteiger partial charge is 0.107 e. The van der Waals surface area contributed by atoms with Gasteiger partial charge in [-0.2, -0.15) is 0 Å². The zero-order chi connectivity index (χ0) is 14.1. The summed E-state index contributed by atoms with van der Waals surface area (Å²) in [6.45, 7) is 0. The average molecular weight is 278 g/mol. The third-order valence-corrected chi connectivity index (χ3v) is 4.91. The van der Waals surface area contributed by atoms with Crippen LogP contribution < -0.4 is 0 Å². The molecule has 1 saturated carbocycles. The molecule has 1 heterocycles. The second kappa shape index (κ2) is 5.51. The molecule has 3 aromatic rings. The molecule has 1 aromatic heterocycles. The standard InChI is InChI=1S/C19H22N2/c1-2-6-14(7-3-1)10-11-19-20-17-12-15-8-4-5-9-16(15)13-18(17)21-19/h4-5,8-9,12-14H,1-3,6-7,10-11H2,(H,20,21). The molecule has 0 unspecified atom stereocenters. The summed E-state index contributed by atoms with van der Waals surface area (Å²) in [5.41, 5.74) is 2.28. The number of hydrogen-bond donors (Lipinski definition) is 1. The van der Waals surface area contributed by atoms with E-state index in [1.807, 2.05) is 0 Å². The van der Waals surface area contributed by atoms with Gasteiger partial charge in [0.15, 0.2) is 0 Å². The van der Waals surface area contributed by atoms with Gasteiger partial charge < -0.3 is 4.98 Å². The van der Waals surface area contributed by atoms with Crippen molar-refractivity contribution in [3.05, 3.63) is 42.2 Å². The van der Waals surface area contributed by atoms with Crippen LogP contribution in [0.1, 0.15) is 44.3 Å². The summed E-state index contributed by atoms with van der Waals surface area (Å²) in [5, 5.41) is 2.56. The number of aromatic nitrogens is 2. The molecule has 2 aromatic carbocycles. The number of benzene rings is 2. The van der Waals surface area contributed by atoms with Gasteiger partial charge in [-0.15, -0.1) is 0 Å². The van der Waals surface area contributed by atoms with E-state index in [1.54, 1.807) is 0 Å². The highest BCUT2D eigenvalue weighted by Gasteiger charge is 2.14. The van der Waals surface area contributed by atoms with E-state index in [0.717, 1.165) is 23.7 Å². The number of hydrogen-bond acceptors (Lipinski definition) is 1. The number of imidazole rings is 1.